The molecule has 0 spiro atoms. The van der Waals surface area contributed by atoms with Crippen LogP contribution in [0.2, 0.25) is 0 Å². The van der Waals surface area contributed by atoms with Gasteiger partial charge in [-0.15, -0.1) is 0 Å². The first-order chi connectivity index (χ1) is 7.79. The lowest BCUT2D eigenvalue weighted by Gasteiger charge is -2.29. The van der Waals surface area contributed by atoms with E-state index in [4.69, 9.17) is 4.74 Å². The normalized spacial score (nSPS) is 11.6. The van der Waals surface area contributed by atoms with E-state index in [1.807, 2.05) is 33.8 Å². The molecule has 1 rings (SSSR count). The van der Waals surface area contributed by atoms with Gasteiger partial charge in [0, 0.05) is 12.2 Å². The highest BCUT2D eigenvalue weighted by Gasteiger charge is 2.24. The van der Waals surface area contributed by atoms with Crippen molar-refractivity contribution in [1.82, 2.24) is 15.1 Å². The van der Waals surface area contributed by atoms with Crippen molar-refractivity contribution in [2.24, 2.45) is 0 Å². The molecule has 1 heterocycles. The summed E-state index contributed by atoms with van der Waals surface area (Å²) in [6, 6.07) is 1.65. The summed E-state index contributed by atoms with van der Waals surface area (Å²) in [5.41, 5.74) is 0.351. The van der Waals surface area contributed by atoms with Gasteiger partial charge in [0.05, 0.1) is 12.2 Å². The van der Waals surface area contributed by atoms with Gasteiger partial charge >= 0.3 is 6.09 Å². The Morgan fingerprint density at radius 3 is 2.71 bits per heavy atom. The summed E-state index contributed by atoms with van der Waals surface area (Å²) in [7, 11) is 0. The Bertz CT molecular complexity index is 352. The third-order valence-electron chi connectivity index (χ3n) is 2.06. The van der Waals surface area contributed by atoms with Gasteiger partial charge in [0.15, 0.2) is 0 Å². The van der Waals surface area contributed by atoms with E-state index in [9.17, 15) is 4.79 Å². The molecule has 0 aliphatic carbocycles. The number of H-pyrrole nitrogens is 1. The van der Waals surface area contributed by atoms with E-state index >= 15 is 0 Å². The summed E-state index contributed by atoms with van der Waals surface area (Å²) in [6.07, 6.45) is 1.28. The lowest BCUT2D eigenvalue weighted by atomic mass is 10.2. The zero-order chi connectivity index (χ0) is 13.1. The highest BCUT2D eigenvalue weighted by molar-refractivity contribution is 5.68. The topological polar surface area (TPSA) is 58.2 Å². The Morgan fingerprint density at radius 2 is 2.29 bits per heavy atom. The zero-order valence-corrected chi connectivity index (χ0v) is 10.9. The van der Waals surface area contributed by atoms with Gasteiger partial charge in [0.25, 0.3) is 0 Å². The van der Waals surface area contributed by atoms with Crippen molar-refractivity contribution in [1.29, 1.82) is 0 Å². The summed E-state index contributed by atoms with van der Waals surface area (Å²) in [6.45, 7) is 11.6. The van der Waals surface area contributed by atoms with E-state index in [1.54, 1.807) is 11.1 Å². The molecule has 5 nitrogen and oxygen atoms in total. The molecule has 1 aromatic rings. The summed E-state index contributed by atoms with van der Waals surface area (Å²) >= 11 is 0. The first-order valence-electron chi connectivity index (χ1n) is 5.60. The van der Waals surface area contributed by atoms with E-state index in [0.29, 0.717) is 6.54 Å². The number of carbonyl (C=O) groups is 1. The fraction of sp³-hybridized carbons (Fsp3) is 0.583. The van der Waals surface area contributed by atoms with Crippen LogP contribution in [-0.4, -0.2) is 32.8 Å². The number of carbonyl (C=O) groups excluding carboxylic acids is 1. The third kappa shape index (κ3) is 4.46. The number of aromatic amines is 1. The van der Waals surface area contributed by atoms with Gasteiger partial charge in [-0.05, 0) is 40.7 Å². The first kappa shape index (κ1) is 13.5. The average Bonchev–Trinajstić information content (AvgIpc) is 2.62. The van der Waals surface area contributed by atoms with Gasteiger partial charge in [-0.2, -0.15) is 5.10 Å². The maximum Gasteiger partial charge on any atom is 0.410 e. The third-order valence-corrected chi connectivity index (χ3v) is 2.06. The van der Waals surface area contributed by atoms with E-state index in [1.165, 1.54) is 0 Å². The van der Waals surface area contributed by atoms with Crippen LogP contribution >= 0.6 is 0 Å². The second-order valence-corrected chi connectivity index (χ2v) is 5.04. The monoisotopic (exact) mass is 238 g/mol. The molecule has 0 saturated heterocycles. The standard InChI is InChI=1S/C12H20N3O2/c1-9(2)15(8-10-6-7-13-14-10)11(16)17-12(3,4)5/h6-7,9H,1,8H2,2-5H3,(H,13,14). The molecule has 1 amide bonds. The van der Waals surface area contributed by atoms with Gasteiger partial charge in [-0.25, -0.2) is 4.79 Å². The van der Waals surface area contributed by atoms with Crippen molar-refractivity contribution < 1.29 is 9.53 Å². The molecular formula is C12H20N3O2. The second-order valence-electron chi connectivity index (χ2n) is 5.04. The van der Waals surface area contributed by atoms with Crippen LogP contribution in [0.25, 0.3) is 0 Å². The first-order valence-corrected chi connectivity index (χ1v) is 5.60. The largest absolute Gasteiger partial charge is 0.444 e. The van der Waals surface area contributed by atoms with E-state index in [0.717, 1.165) is 5.69 Å². The molecule has 5 heteroatoms. The van der Waals surface area contributed by atoms with Crippen LogP contribution in [0, 0.1) is 6.92 Å². The minimum Gasteiger partial charge on any atom is -0.444 e. The van der Waals surface area contributed by atoms with Crippen molar-refractivity contribution >= 4 is 6.09 Å². The quantitative estimate of drug-likeness (QED) is 0.879. The number of nitrogens with one attached hydrogen (secondary N) is 1. The van der Waals surface area contributed by atoms with Crippen molar-refractivity contribution in [2.45, 2.75) is 45.9 Å². The number of rotatable bonds is 3. The molecule has 1 atom stereocenters. The molecule has 1 aromatic heterocycles. The number of hydrogen-bond donors (Lipinski definition) is 1. The highest BCUT2D eigenvalue weighted by atomic mass is 16.6. The van der Waals surface area contributed by atoms with E-state index < -0.39 is 5.60 Å². The van der Waals surface area contributed by atoms with Crippen LogP contribution in [-0.2, 0) is 11.3 Å². The van der Waals surface area contributed by atoms with Gasteiger partial charge in [-0.3, -0.25) is 10.00 Å². The van der Waals surface area contributed by atoms with Crippen LogP contribution in [0.1, 0.15) is 33.4 Å². The van der Waals surface area contributed by atoms with Crippen LogP contribution < -0.4 is 0 Å². The van der Waals surface area contributed by atoms with Crippen LogP contribution in [0.15, 0.2) is 12.3 Å². The minimum absolute atomic E-state index is 0.173. The zero-order valence-electron chi connectivity index (χ0n) is 10.9. The van der Waals surface area contributed by atoms with E-state index in [-0.39, 0.29) is 12.1 Å². The van der Waals surface area contributed by atoms with Crippen LogP contribution in [0.3, 0.4) is 0 Å². The molecule has 1 unspecified atom stereocenters. The summed E-state index contributed by atoms with van der Waals surface area (Å²) in [5.74, 6) is 0. The molecule has 0 aromatic carbocycles. The lowest BCUT2D eigenvalue weighted by Crippen LogP contribution is -2.40. The van der Waals surface area contributed by atoms with Gasteiger partial charge in [0.2, 0.25) is 0 Å². The predicted octanol–water partition coefficient (Wildman–Crippen LogP) is 2.37. The Morgan fingerprint density at radius 1 is 1.65 bits per heavy atom. The lowest BCUT2D eigenvalue weighted by molar-refractivity contribution is 0.0189. The Hall–Kier alpha value is -1.52. The summed E-state index contributed by atoms with van der Waals surface area (Å²) in [5, 5.41) is 6.66. The molecule has 0 saturated carbocycles. The fourth-order valence-corrected chi connectivity index (χ4v) is 1.28. The minimum atomic E-state index is -0.502. The number of hydrogen-bond acceptors (Lipinski definition) is 3. The smallest absolute Gasteiger partial charge is 0.410 e. The Labute approximate surface area is 102 Å². The van der Waals surface area contributed by atoms with Crippen molar-refractivity contribution in [3.8, 4) is 0 Å². The maximum absolute atomic E-state index is 12.0. The fourth-order valence-electron chi connectivity index (χ4n) is 1.28. The molecular weight excluding hydrogens is 218 g/mol. The SMILES string of the molecule is [CH2]C(C)N(Cc1ccn[nH]1)C(=O)OC(C)(C)C. The number of amides is 1. The number of nitrogens with zero attached hydrogens (tertiary/aromatic N) is 2. The number of aromatic nitrogens is 2. The molecule has 1 radical (unpaired) electrons. The average molecular weight is 238 g/mol. The number of ether oxygens (including phenoxy) is 1. The summed E-state index contributed by atoms with van der Waals surface area (Å²) in [4.78, 5) is 13.5. The molecule has 0 aliphatic heterocycles. The molecule has 1 N–H and O–H groups in total. The van der Waals surface area contributed by atoms with E-state index in [2.05, 4.69) is 17.1 Å². The molecule has 0 bridgehead atoms. The molecule has 0 aliphatic rings. The predicted molar refractivity (Wildman–Crippen MR) is 65.2 cm³/mol. The van der Waals surface area contributed by atoms with Crippen LogP contribution in [0.5, 0.6) is 0 Å². The molecule has 95 valence electrons. The summed E-state index contributed by atoms with van der Waals surface area (Å²) < 4.78 is 5.32. The molecule has 0 fully saturated rings. The highest BCUT2D eigenvalue weighted by Crippen LogP contribution is 2.13. The van der Waals surface area contributed by atoms with Crippen molar-refractivity contribution in [3.63, 3.8) is 0 Å². The Kier molecular flexibility index (Phi) is 4.15. The Balaban J connectivity index is 2.69. The maximum atomic E-state index is 12.0. The molecule has 17 heavy (non-hydrogen) atoms. The van der Waals surface area contributed by atoms with Gasteiger partial charge in [-0.1, -0.05) is 0 Å². The van der Waals surface area contributed by atoms with Crippen LogP contribution in [0.4, 0.5) is 4.79 Å². The second kappa shape index (κ2) is 5.21. The van der Waals surface area contributed by atoms with Crippen molar-refractivity contribution in [2.75, 3.05) is 0 Å². The van der Waals surface area contributed by atoms with Gasteiger partial charge in [0.1, 0.15) is 5.60 Å². The van der Waals surface area contributed by atoms with Gasteiger partial charge < -0.3 is 4.74 Å². The van der Waals surface area contributed by atoms with Crippen molar-refractivity contribution in [3.05, 3.63) is 24.9 Å².